The fourth-order valence-corrected chi connectivity index (χ4v) is 5.81. The Labute approximate surface area is 186 Å². The van der Waals surface area contributed by atoms with E-state index in [1.54, 1.807) is 6.92 Å². The second-order valence-electron chi connectivity index (χ2n) is 8.43. The zero-order chi connectivity index (χ0) is 22.2. The molecule has 0 radical (unpaired) electrons. The number of unbranched alkanes of at least 4 members (excludes halogenated alkanes) is 1. The SMILES string of the molecule is CCCCOc1ccccc1C1(C(=O)N[C@@H]2C(=O)N3C(C(=O)O)=C(C)CS[C@H]23)CCC1. The van der Waals surface area contributed by atoms with Crippen molar-refractivity contribution < 1.29 is 24.2 Å². The third kappa shape index (κ3) is 3.60. The molecule has 0 bridgehead atoms. The Balaban J connectivity index is 1.53. The van der Waals surface area contributed by atoms with Crippen molar-refractivity contribution in [1.82, 2.24) is 10.2 Å². The lowest BCUT2D eigenvalue weighted by Crippen LogP contribution is -2.72. The number of carboxylic acid groups (broad SMARTS) is 1. The maximum Gasteiger partial charge on any atom is 0.352 e. The van der Waals surface area contributed by atoms with Gasteiger partial charge in [-0.15, -0.1) is 11.8 Å². The van der Waals surface area contributed by atoms with Crippen LogP contribution in [-0.4, -0.2) is 51.6 Å². The van der Waals surface area contributed by atoms with Crippen molar-refractivity contribution >= 4 is 29.5 Å². The molecule has 2 aliphatic heterocycles. The van der Waals surface area contributed by atoms with Gasteiger partial charge in [0.05, 0.1) is 12.0 Å². The Morgan fingerprint density at radius 3 is 2.71 bits per heavy atom. The first-order valence-electron chi connectivity index (χ1n) is 10.8. The van der Waals surface area contributed by atoms with Gasteiger partial charge in [0, 0.05) is 11.3 Å². The van der Waals surface area contributed by atoms with Gasteiger partial charge in [-0.1, -0.05) is 38.0 Å². The molecule has 8 heteroatoms. The van der Waals surface area contributed by atoms with Crippen molar-refractivity contribution in [2.45, 2.75) is 62.8 Å². The number of ether oxygens (including phenoxy) is 1. The highest BCUT2D eigenvalue weighted by Crippen LogP contribution is 2.48. The van der Waals surface area contributed by atoms with Gasteiger partial charge in [0.1, 0.15) is 22.9 Å². The molecule has 0 spiro atoms. The number of nitrogens with zero attached hydrogens (tertiary/aromatic N) is 1. The van der Waals surface area contributed by atoms with Crippen LogP contribution in [0.5, 0.6) is 5.75 Å². The molecule has 1 aliphatic carbocycles. The number of aliphatic carboxylic acids is 1. The second-order valence-corrected chi connectivity index (χ2v) is 9.53. The summed E-state index contributed by atoms with van der Waals surface area (Å²) in [5.41, 5.74) is 0.883. The highest BCUT2D eigenvalue weighted by molar-refractivity contribution is 8.00. The van der Waals surface area contributed by atoms with Crippen LogP contribution >= 0.6 is 11.8 Å². The Hall–Kier alpha value is -2.48. The minimum Gasteiger partial charge on any atom is -0.493 e. The summed E-state index contributed by atoms with van der Waals surface area (Å²) in [4.78, 5) is 39.2. The molecule has 2 heterocycles. The average molecular weight is 445 g/mol. The lowest BCUT2D eigenvalue weighted by molar-refractivity contribution is -0.151. The van der Waals surface area contributed by atoms with Gasteiger partial charge < -0.3 is 15.2 Å². The standard InChI is InChI=1S/C23H28N2O5S/c1-3-4-12-30-16-9-6-5-8-15(16)23(10-7-11-23)22(29)24-17-19(26)25-18(21(27)28)14(2)13-31-20(17)25/h5-6,8-9,17,20H,3-4,7,10-13H2,1-2H3,(H,24,29)(H,27,28)/t17-,20-/m1/s1. The highest BCUT2D eigenvalue weighted by Gasteiger charge is 2.56. The van der Waals surface area contributed by atoms with Gasteiger partial charge in [-0.25, -0.2) is 4.79 Å². The largest absolute Gasteiger partial charge is 0.493 e. The number of carboxylic acids is 1. The lowest BCUT2D eigenvalue weighted by Gasteiger charge is -2.51. The maximum absolute atomic E-state index is 13.5. The zero-order valence-corrected chi connectivity index (χ0v) is 18.7. The topological polar surface area (TPSA) is 95.9 Å². The van der Waals surface area contributed by atoms with Crippen molar-refractivity contribution in [1.29, 1.82) is 0 Å². The monoisotopic (exact) mass is 444 g/mol. The van der Waals surface area contributed by atoms with Crippen LogP contribution in [0.2, 0.25) is 0 Å². The van der Waals surface area contributed by atoms with E-state index < -0.39 is 17.4 Å². The first-order chi connectivity index (χ1) is 14.9. The summed E-state index contributed by atoms with van der Waals surface area (Å²) in [6, 6.07) is 6.96. The molecule has 166 valence electrons. The van der Waals surface area contributed by atoms with Crippen LogP contribution in [0.15, 0.2) is 35.5 Å². The molecule has 1 saturated heterocycles. The molecular weight excluding hydrogens is 416 g/mol. The number of β-lactam (4-membered cyclic amide) rings is 1. The van der Waals surface area contributed by atoms with Crippen molar-refractivity contribution in [3.8, 4) is 5.75 Å². The molecule has 1 aromatic rings. The third-order valence-corrected chi connectivity index (χ3v) is 7.87. The minimum atomic E-state index is -1.10. The number of benzene rings is 1. The summed E-state index contributed by atoms with van der Waals surface area (Å²) in [5.74, 6) is -0.376. The molecule has 2 fully saturated rings. The van der Waals surface area contributed by atoms with Crippen molar-refractivity contribution in [3.05, 3.63) is 41.1 Å². The number of thioether (sulfide) groups is 1. The summed E-state index contributed by atoms with van der Waals surface area (Å²) in [6.45, 7) is 4.43. The van der Waals surface area contributed by atoms with E-state index in [1.165, 1.54) is 16.7 Å². The van der Waals surface area contributed by atoms with E-state index in [9.17, 15) is 19.5 Å². The van der Waals surface area contributed by atoms with Gasteiger partial charge in [0.15, 0.2) is 0 Å². The van der Waals surface area contributed by atoms with Crippen LogP contribution < -0.4 is 10.1 Å². The predicted molar refractivity (Wildman–Crippen MR) is 118 cm³/mol. The fourth-order valence-electron chi connectivity index (χ4n) is 4.52. The molecule has 0 unspecified atom stereocenters. The summed E-state index contributed by atoms with van der Waals surface area (Å²) in [7, 11) is 0. The molecule has 0 aromatic heterocycles. The molecule has 1 aromatic carbocycles. The maximum atomic E-state index is 13.5. The van der Waals surface area contributed by atoms with Gasteiger partial charge in [0.25, 0.3) is 5.91 Å². The van der Waals surface area contributed by atoms with Crippen LogP contribution in [0.1, 0.15) is 51.5 Å². The minimum absolute atomic E-state index is 0.0484. The number of hydrogen-bond donors (Lipinski definition) is 2. The van der Waals surface area contributed by atoms with Crippen LogP contribution in [0.4, 0.5) is 0 Å². The van der Waals surface area contributed by atoms with Gasteiger partial charge in [-0.05, 0) is 37.8 Å². The number of para-hydroxylation sites is 1. The van der Waals surface area contributed by atoms with Gasteiger partial charge in [0.2, 0.25) is 5.91 Å². The molecule has 4 rings (SSSR count). The van der Waals surface area contributed by atoms with E-state index >= 15 is 0 Å². The Bertz CT molecular complexity index is 940. The van der Waals surface area contributed by atoms with Crippen molar-refractivity contribution in [3.63, 3.8) is 0 Å². The summed E-state index contributed by atoms with van der Waals surface area (Å²) >= 11 is 1.49. The van der Waals surface area contributed by atoms with Gasteiger partial charge in [-0.3, -0.25) is 14.5 Å². The average Bonchev–Trinajstić information content (AvgIpc) is 2.72. The Morgan fingerprint density at radius 2 is 2.06 bits per heavy atom. The van der Waals surface area contributed by atoms with Gasteiger partial charge >= 0.3 is 5.97 Å². The summed E-state index contributed by atoms with van der Waals surface area (Å²) in [5, 5.41) is 12.1. The van der Waals surface area contributed by atoms with E-state index in [2.05, 4.69) is 12.2 Å². The van der Waals surface area contributed by atoms with Crippen molar-refractivity contribution in [2.75, 3.05) is 12.4 Å². The predicted octanol–water partition coefficient (Wildman–Crippen LogP) is 3.05. The molecule has 2 N–H and O–H groups in total. The molecule has 7 nitrogen and oxygen atoms in total. The summed E-state index contributed by atoms with van der Waals surface area (Å²) in [6.07, 6.45) is 4.31. The molecule has 1 saturated carbocycles. The van der Waals surface area contributed by atoms with Crippen LogP contribution in [0.25, 0.3) is 0 Å². The van der Waals surface area contributed by atoms with E-state index in [4.69, 9.17) is 4.74 Å². The lowest BCUT2D eigenvalue weighted by atomic mass is 9.63. The second kappa shape index (κ2) is 8.57. The van der Waals surface area contributed by atoms with E-state index in [0.717, 1.165) is 30.6 Å². The highest BCUT2D eigenvalue weighted by atomic mass is 32.2. The molecule has 3 aliphatic rings. The van der Waals surface area contributed by atoms with Crippen LogP contribution in [0.3, 0.4) is 0 Å². The van der Waals surface area contributed by atoms with E-state index in [-0.39, 0.29) is 22.9 Å². The number of fused-ring (bicyclic) bond motifs is 1. The number of amides is 2. The molecular formula is C23H28N2O5S. The fraction of sp³-hybridized carbons (Fsp3) is 0.522. The molecule has 2 amide bonds. The number of rotatable bonds is 8. The van der Waals surface area contributed by atoms with Crippen LogP contribution in [-0.2, 0) is 19.8 Å². The number of carbonyl (C=O) groups excluding carboxylic acids is 2. The normalized spacial score (nSPS) is 24.1. The Morgan fingerprint density at radius 1 is 1.32 bits per heavy atom. The quantitative estimate of drug-likeness (QED) is 0.473. The van der Waals surface area contributed by atoms with Gasteiger partial charge in [-0.2, -0.15) is 0 Å². The number of nitrogens with one attached hydrogen (secondary N) is 1. The summed E-state index contributed by atoms with van der Waals surface area (Å²) < 4.78 is 5.98. The smallest absolute Gasteiger partial charge is 0.352 e. The first kappa shape index (κ1) is 21.7. The number of carbonyl (C=O) groups is 3. The number of hydrogen-bond acceptors (Lipinski definition) is 5. The first-order valence-corrected chi connectivity index (χ1v) is 11.9. The van der Waals surface area contributed by atoms with Crippen molar-refractivity contribution in [2.24, 2.45) is 0 Å². The van der Waals surface area contributed by atoms with E-state index in [0.29, 0.717) is 30.8 Å². The third-order valence-electron chi connectivity index (χ3n) is 6.45. The van der Waals surface area contributed by atoms with Crippen LogP contribution in [0, 0.1) is 0 Å². The molecule has 31 heavy (non-hydrogen) atoms. The Kier molecular flexibility index (Phi) is 6.01. The molecule has 2 atom stereocenters. The van der Waals surface area contributed by atoms with E-state index in [1.807, 2.05) is 24.3 Å². The zero-order valence-electron chi connectivity index (χ0n) is 17.8.